The second kappa shape index (κ2) is 12.4. The summed E-state index contributed by atoms with van der Waals surface area (Å²) in [7, 11) is 1.48. The Bertz CT molecular complexity index is 1630. The van der Waals surface area contributed by atoms with Crippen LogP contribution in [0.15, 0.2) is 52.5 Å². The van der Waals surface area contributed by atoms with E-state index in [0.717, 1.165) is 31.2 Å². The summed E-state index contributed by atoms with van der Waals surface area (Å²) in [5.74, 6) is 2.77. The number of nitrogens with zero attached hydrogens (tertiary/aromatic N) is 4. The standard InChI is InChI=1S/C35H47FN6O3/c1-20-16-41(17-21(2)38-20)34(40-31-13-24-12-29(22(31)3)35(24,4)5)39-25-8-10-28-32(14-25)37-19-42(33(28)44)26(18-43)11-23-7-9-27(45-6)15-30(23)36/h7-10,14-15,19-22,24,26,29,31,38,43H,11-13,16-18H2,1-6H3,(H,39,40)/t20-,21+,22-,24+,26-,29-,31-/m0/s1. The number of benzene rings is 2. The van der Waals surface area contributed by atoms with Gasteiger partial charge in [-0.3, -0.25) is 9.36 Å². The average molecular weight is 619 g/mol. The van der Waals surface area contributed by atoms with E-state index in [2.05, 4.69) is 55.1 Å². The molecule has 4 fully saturated rings. The second-order valence-corrected chi connectivity index (χ2v) is 14.2. The minimum atomic E-state index is -0.667. The van der Waals surface area contributed by atoms with Crippen molar-refractivity contribution in [2.45, 2.75) is 78.0 Å². The molecule has 1 saturated heterocycles. The molecular formula is C35H47FN6O3. The molecule has 7 rings (SSSR count). The molecule has 9 nitrogen and oxygen atoms in total. The van der Waals surface area contributed by atoms with Crippen molar-refractivity contribution >= 4 is 22.5 Å². The zero-order valence-electron chi connectivity index (χ0n) is 27.3. The van der Waals surface area contributed by atoms with Gasteiger partial charge in [-0.2, -0.15) is 0 Å². The summed E-state index contributed by atoms with van der Waals surface area (Å²) in [4.78, 5) is 25.9. The third-order valence-electron chi connectivity index (χ3n) is 10.8. The van der Waals surface area contributed by atoms with Crippen molar-refractivity contribution in [2.75, 3.05) is 32.1 Å². The number of methoxy groups -OCH3 is 1. The van der Waals surface area contributed by atoms with E-state index < -0.39 is 11.9 Å². The predicted octanol–water partition coefficient (Wildman–Crippen LogP) is 4.84. The maximum Gasteiger partial charge on any atom is 0.261 e. The summed E-state index contributed by atoms with van der Waals surface area (Å²) in [6.07, 6.45) is 4.01. The van der Waals surface area contributed by atoms with Crippen LogP contribution >= 0.6 is 0 Å². The highest BCUT2D eigenvalue weighted by Gasteiger charge is 2.56. The maximum absolute atomic E-state index is 14.7. The summed E-state index contributed by atoms with van der Waals surface area (Å²) in [5, 5.41) is 17.8. The van der Waals surface area contributed by atoms with E-state index in [9.17, 15) is 14.3 Å². The van der Waals surface area contributed by atoms with Gasteiger partial charge in [-0.1, -0.05) is 26.8 Å². The van der Waals surface area contributed by atoms with Crippen LogP contribution in [0.4, 0.5) is 10.1 Å². The second-order valence-electron chi connectivity index (χ2n) is 14.2. The highest BCUT2D eigenvalue weighted by atomic mass is 19.1. The number of aliphatic hydroxyl groups is 1. The third kappa shape index (κ3) is 6.06. The van der Waals surface area contributed by atoms with Crippen molar-refractivity contribution in [3.63, 3.8) is 0 Å². The van der Waals surface area contributed by atoms with Gasteiger partial charge in [0.15, 0.2) is 5.96 Å². The lowest BCUT2D eigenvalue weighted by atomic mass is 9.45. The smallest absolute Gasteiger partial charge is 0.261 e. The number of aromatic nitrogens is 2. The van der Waals surface area contributed by atoms with Crippen LogP contribution in [0.25, 0.3) is 10.9 Å². The van der Waals surface area contributed by atoms with E-state index in [1.165, 1.54) is 30.5 Å². The summed E-state index contributed by atoms with van der Waals surface area (Å²) in [6, 6.07) is 10.4. The van der Waals surface area contributed by atoms with Crippen LogP contribution in [0, 0.1) is 29.0 Å². The van der Waals surface area contributed by atoms with Crippen molar-refractivity contribution in [1.29, 1.82) is 0 Å². The molecule has 45 heavy (non-hydrogen) atoms. The van der Waals surface area contributed by atoms with Gasteiger partial charge in [-0.15, -0.1) is 0 Å². The Kier molecular flexibility index (Phi) is 8.65. The quantitative estimate of drug-likeness (QED) is 0.257. The van der Waals surface area contributed by atoms with Crippen LogP contribution in [-0.4, -0.2) is 70.4 Å². The lowest BCUT2D eigenvalue weighted by molar-refractivity contribution is -0.108. The van der Waals surface area contributed by atoms with Gasteiger partial charge in [0.2, 0.25) is 0 Å². The molecular weight excluding hydrogens is 571 g/mol. The fourth-order valence-electron chi connectivity index (χ4n) is 8.07. The lowest BCUT2D eigenvalue weighted by Crippen LogP contribution is -2.59. The first-order valence-electron chi connectivity index (χ1n) is 16.3. The monoisotopic (exact) mass is 618 g/mol. The third-order valence-corrected chi connectivity index (χ3v) is 10.8. The first-order valence-corrected chi connectivity index (χ1v) is 16.3. The molecule has 7 atom stereocenters. The van der Waals surface area contributed by atoms with Crippen molar-refractivity contribution in [3.05, 3.63) is 64.5 Å². The maximum atomic E-state index is 14.7. The average Bonchev–Trinajstić information content (AvgIpc) is 3.00. The van der Waals surface area contributed by atoms with Crippen LogP contribution in [0.5, 0.6) is 5.75 Å². The summed E-state index contributed by atoms with van der Waals surface area (Å²) in [6.45, 7) is 13.0. The van der Waals surface area contributed by atoms with Crippen molar-refractivity contribution in [3.8, 4) is 5.75 Å². The van der Waals surface area contributed by atoms with Crippen LogP contribution in [0.2, 0.25) is 0 Å². The normalized spacial score (nSPS) is 28.4. The van der Waals surface area contributed by atoms with Crippen LogP contribution < -0.4 is 20.9 Å². The highest BCUT2D eigenvalue weighted by molar-refractivity contribution is 5.96. The minimum absolute atomic E-state index is 0.138. The van der Waals surface area contributed by atoms with Gasteiger partial charge in [0, 0.05) is 36.9 Å². The number of anilines is 1. The molecule has 10 heteroatoms. The molecule has 3 N–H and O–H groups in total. The first-order chi connectivity index (χ1) is 21.5. The fourth-order valence-corrected chi connectivity index (χ4v) is 8.07. The van der Waals surface area contributed by atoms with Gasteiger partial charge in [0.05, 0.1) is 43.0 Å². The molecule has 0 radical (unpaired) electrons. The van der Waals surface area contributed by atoms with Gasteiger partial charge in [0.1, 0.15) is 11.6 Å². The topological polar surface area (TPSA) is 104 Å². The number of rotatable bonds is 7. The lowest BCUT2D eigenvalue weighted by Gasteiger charge is -2.61. The molecule has 0 amide bonds. The summed E-state index contributed by atoms with van der Waals surface area (Å²) < 4.78 is 21.2. The SMILES string of the molecule is COc1ccc(C[C@@H](CO)n2cnc3cc(NC(=N[C@H]4C[C@H]5C[C@@H]([C@@H]4C)C5(C)C)N4C[C@@H](C)N[C@@H](C)C4)ccc3c2=O)c(F)c1. The Balaban J connectivity index is 1.27. The molecule has 2 aromatic carbocycles. The number of guanidine groups is 1. The number of hydrogen-bond acceptors (Lipinski definition) is 6. The number of hydrogen-bond donors (Lipinski definition) is 3. The minimum Gasteiger partial charge on any atom is -0.497 e. The number of nitrogens with one attached hydrogen (secondary N) is 2. The van der Waals surface area contributed by atoms with Gasteiger partial charge in [-0.25, -0.2) is 14.4 Å². The Morgan fingerprint density at radius 1 is 1.18 bits per heavy atom. The van der Waals surface area contributed by atoms with Crippen molar-refractivity contribution in [2.24, 2.45) is 28.2 Å². The molecule has 4 aliphatic rings. The molecule has 0 spiro atoms. The van der Waals surface area contributed by atoms with E-state index in [4.69, 9.17) is 9.73 Å². The van der Waals surface area contributed by atoms with Crippen LogP contribution in [0.3, 0.4) is 0 Å². The number of aliphatic hydroxyl groups excluding tert-OH is 1. The van der Waals surface area contributed by atoms with Crippen molar-refractivity contribution in [1.82, 2.24) is 19.8 Å². The van der Waals surface area contributed by atoms with E-state index in [1.807, 2.05) is 12.1 Å². The van der Waals surface area contributed by atoms with Crippen LogP contribution in [-0.2, 0) is 6.42 Å². The number of piperazine rings is 1. The largest absolute Gasteiger partial charge is 0.497 e. The Labute approximate surface area is 264 Å². The molecule has 2 bridgehead atoms. The highest BCUT2D eigenvalue weighted by Crippen LogP contribution is 2.61. The van der Waals surface area contributed by atoms with Gasteiger partial charge in [0.25, 0.3) is 5.56 Å². The molecule has 1 aromatic heterocycles. The number of halogens is 1. The van der Waals surface area contributed by atoms with Gasteiger partial charge in [-0.05, 0) is 86.1 Å². The molecule has 2 heterocycles. The molecule has 1 aliphatic heterocycles. The first kappa shape index (κ1) is 31.5. The molecule has 242 valence electrons. The molecule has 0 unspecified atom stereocenters. The molecule has 3 aromatic rings. The number of fused-ring (bicyclic) bond motifs is 3. The molecule has 3 saturated carbocycles. The summed E-state index contributed by atoms with van der Waals surface area (Å²) in [5.41, 5.74) is 1.86. The van der Waals surface area contributed by atoms with E-state index in [0.29, 0.717) is 57.5 Å². The van der Waals surface area contributed by atoms with E-state index in [-0.39, 0.29) is 24.6 Å². The zero-order valence-corrected chi connectivity index (χ0v) is 27.3. The predicted molar refractivity (Wildman–Crippen MR) is 176 cm³/mol. The van der Waals surface area contributed by atoms with Gasteiger partial charge >= 0.3 is 0 Å². The summed E-state index contributed by atoms with van der Waals surface area (Å²) >= 11 is 0. The van der Waals surface area contributed by atoms with E-state index in [1.54, 1.807) is 18.2 Å². The van der Waals surface area contributed by atoms with E-state index >= 15 is 0 Å². The Hall–Kier alpha value is -3.50. The number of aliphatic imine (C=N–C) groups is 1. The molecule has 3 aliphatic carbocycles. The van der Waals surface area contributed by atoms with Crippen LogP contribution in [0.1, 0.15) is 59.1 Å². The number of ether oxygens (including phenoxy) is 1. The Morgan fingerprint density at radius 2 is 1.93 bits per heavy atom. The Morgan fingerprint density at radius 3 is 2.58 bits per heavy atom. The van der Waals surface area contributed by atoms with Crippen molar-refractivity contribution < 1.29 is 14.2 Å². The zero-order chi connectivity index (χ0) is 32.0. The fraction of sp³-hybridized carbons (Fsp3) is 0.571. The van der Waals surface area contributed by atoms with Gasteiger partial charge < -0.3 is 25.4 Å².